The molecule has 1 aromatic carbocycles. The second-order valence-electron chi connectivity index (χ2n) is 5.63. The highest BCUT2D eigenvalue weighted by atomic mass is 19.1. The Kier molecular flexibility index (Phi) is 4.21. The van der Waals surface area contributed by atoms with Gasteiger partial charge in [-0.2, -0.15) is 0 Å². The molecule has 2 unspecified atom stereocenters. The van der Waals surface area contributed by atoms with Crippen molar-refractivity contribution in [3.05, 3.63) is 40.7 Å². The zero-order chi connectivity index (χ0) is 13.1. The maximum Gasteiger partial charge on any atom is 0.123 e. The van der Waals surface area contributed by atoms with Crippen molar-refractivity contribution in [1.29, 1.82) is 0 Å². The van der Waals surface area contributed by atoms with Crippen LogP contribution in [0.3, 0.4) is 0 Å². The maximum absolute atomic E-state index is 13.2. The lowest BCUT2D eigenvalue weighted by Gasteiger charge is -2.04. The molecule has 2 rings (SSSR count). The number of benzene rings is 1. The van der Waals surface area contributed by atoms with Crippen LogP contribution in [0.5, 0.6) is 0 Å². The Morgan fingerprint density at radius 2 is 2.22 bits per heavy atom. The van der Waals surface area contributed by atoms with Crippen LogP contribution in [0.15, 0.2) is 23.8 Å². The average Bonchev–Trinajstić information content (AvgIpc) is 3.11. The van der Waals surface area contributed by atoms with Crippen molar-refractivity contribution in [3.8, 4) is 0 Å². The summed E-state index contributed by atoms with van der Waals surface area (Å²) in [5, 5.41) is 0. The number of hydrogen-bond acceptors (Lipinski definition) is 0. The van der Waals surface area contributed by atoms with Crippen molar-refractivity contribution in [2.75, 3.05) is 0 Å². The van der Waals surface area contributed by atoms with Gasteiger partial charge in [0, 0.05) is 0 Å². The summed E-state index contributed by atoms with van der Waals surface area (Å²) < 4.78 is 13.2. The van der Waals surface area contributed by atoms with Gasteiger partial charge in [-0.1, -0.05) is 37.5 Å². The topological polar surface area (TPSA) is 0 Å². The van der Waals surface area contributed by atoms with Crippen molar-refractivity contribution < 1.29 is 4.39 Å². The summed E-state index contributed by atoms with van der Waals surface area (Å²) in [5.74, 6) is 1.49. The third kappa shape index (κ3) is 3.22. The third-order valence-corrected chi connectivity index (χ3v) is 4.06. The van der Waals surface area contributed by atoms with Gasteiger partial charge in [0.2, 0.25) is 0 Å². The van der Waals surface area contributed by atoms with Gasteiger partial charge in [-0.25, -0.2) is 4.39 Å². The number of rotatable bonds is 5. The van der Waals surface area contributed by atoms with Crippen LogP contribution in [-0.2, 0) is 0 Å². The molecule has 98 valence electrons. The van der Waals surface area contributed by atoms with Crippen LogP contribution in [0.25, 0.3) is 6.08 Å². The molecule has 1 aromatic rings. The summed E-state index contributed by atoms with van der Waals surface area (Å²) in [6.45, 7) is 6.48. The van der Waals surface area contributed by atoms with E-state index in [2.05, 4.69) is 19.9 Å². The Morgan fingerprint density at radius 3 is 2.94 bits per heavy atom. The smallest absolute Gasteiger partial charge is 0.123 e. The third-order valence-electron chi connectivity index (χ3n) is 4.06. The fourth-order valence-corrected chi connectivity index (χ4v) is 2.71. The maximum atomic E-state index is 13.2. The van der Waals surface area contributed by atoms with E-state index in [9.17, 15) is 4.39 Å². The number of allylic oxidation sites excluding steroid dienone is 1. The number of unbranched alkanes of at least 4 members (excludes halogenated alkanes) is 1. The van der Waals surface area contributed by atoms with Crippen molar-refractivity contribution in [3.63, 3.8) is 0 Å². The number of halogens is 1. The van der Waals surface area contributed by atoms with Crippen molar-refractivity contribution in [2.45, 2.75) is 46.5 Å². The highest BCUT2D eigenvalue weighted by Crippen LogP contribution is 2.47. The zero-order valence-electron chi connectivity index (χ0n) is 11.7. The quantitative estimate of drug-likeness (QED) is 0.655. The SMILES string of the molecule is CCCCC1CC1/C(C)=C/c1cc(F)ccc1C. The van der Waals surface area contributed by atoms with Gasteiger partial charge in [-0.15, -0.1) is 0 Å². The minimum absolute atomic E-state index is 0.141. The lowest BCUT2D eigenvalue weighted by atomic mass is 10.0. The molecule has 1 heteroatoms. The summed E-state index contributed by atoms with van der Waals surface area (Å²) in [6, 6.07) is 5.03. The van der Waals surface area contributed by atoms with E-state index in [1.165, 1.54) is 37.3 Å². The van der Waals surface area contributed by atoms with Gasteiger partial charge in [0.05, 0.1) is 0 Å². The molecule has 0 spiro atoms. The summed E-state index contributed by atoms with van der Waals surface area (Å²) in [6.07, 6.45) is 7.49. The standard InChI is InChI=1S/C17H23F/c1-4-5-6-14-11-17(14)13(3)9-15-10-16(18)8-7-12(15)2/h7-10,14,17H,4-6,11H2,1-3H3/b13-9+. The van der Waals surface area contributed by atoms with Crippen LogP contribution in [-0.4, -0.2) is 0 Å². The number of aryl methyl sites for hydroxylation is 1. The molecule has 0 radical (unpaired) electrons. The molecule has 0 amide bonds. The van der Waals surface area contributed by atoms with Crippen LogP contribution >= 0.6 is 0 Å². The first-order valence-corrected chi connectivity index (χ1v) is 7.06. The molecule has 1 fully saturated rings. The molecule has 2 atom stereocenters. The molecule has 0 aromatic heterocycles. The van der Waals surface area contributed by atoms with E-state index in [0.717, 1.165) is 23.0 Å². The monoisotopic (exact) mass is 246 g/mol. The van der Waals surface area contributed by atoms with Crippen LogP contribution in [0, 0.1) is 24.6 Å². The lowest BCUT2D eigenvalue weighted by molar-refractivity contribution is 0.626. The van der Waals surface area contributed by atoms with E-state index in [1.54, 1.807) is 6.07 Å². The molecule has 1 aliphatic carbocycles. The summed E-state index contributed by atoms with van der Waals surface area (Å²) in [4.78, 5) is 0. The Balaban J connectivity index is 2.03. The fraction of sp³-hybridized carbons (Fsp3) is 0.529. The van der Waals surface area contributed by atoms with Gasteiger partial charge in [0.1, 0.15) is 5.82 Å². The Hall–Kier alpha value is -1.11. The minimum Gasteiger partial charge on any atom is -0.207 e. The van der Waals surface area contributed by atoms with Crippen LogP contribution < -0.4 is 0 Å². The molecular weight excluding hydrogens is 223 g/mol. The normalized spacial score (nSPS) is 23.2. The van der Waals surface area contributed by atoms with Gasteiger partial charge < -0.3 is 0 Å². The molecule has 0 bridgehead atoms. The van der Waals surface area contributed by atoms with Gasteiger partial charge in [0.15, 0.2) is 0 Å². The Labute approximate surface area is 110 Å². The van der Waals surface area contributed by atoms with E-state index in [1.807, 2.05) is 13.0 Å². The van der Waals surface area contributed by atoms with Gasteiger partial charge in [-0.3, -0.25) is 0 Å². The Morgan fingerprint density at radius 1 is 1.44 bits per heavy atom. The summed E-state index contributed by atoms with van der Waals surface area (Å²) >= 11 is 0. The summed E-state index contributed by atoms with van der Waals surface area (Å²) in [7, 11) is 0. The minimum atomic E-state index is -0.141. The molecule has 0 heterocycles. The van der Waals surface area contributed by atoms with Gasteiger partial charge >= 0.3 is 0 Å². The molecule has 1 saturated carbocycles. The number of hydrogen-bond donors (Lipinski definition) is 0. The van der Waals surface area contributed by atoms with Gasteiger partial charge in [-0.05, 0) is 61.8 Å². The fourth-order valence-electron chi connectivity index (χ4n) is 2.71. The first-order chi connectivity index (χ1) is 8.61. The first kappa shape index (κ1) is 13.3. The second kappa shape index (κ2) is 5.69. The van der Waals surface area contributed by atoms with Crippen molar-refractivity contribution in [1.82, 2.24) is 0 Å². The van der Waals surface area contributed by atoms with Crippen LogP contribution in [0.1, 0.15) is 50.7 Å². The van der Waals surface area contributed by atoms with Gasteiger partial charge in [0.25, 0.3) is 0 Å². The largest absolute Gasteiger partial charge is 0.207 e. The van der Waals surface area contributed by atoms with Crippen molar-refractivity contribution in [2.24, 2.45) is 11.8 Å². The van der Waals surface area contributed by atoms with Crippen LogP contribution in [0.4, 0.5) is 4.39 Å². The predicted octanol–water partition coefficient (Wildman–Crippen LogP) is 5.36. The van der Waals surface area contributed by atoms with Crippen molar-refractivity contribution >= 4 is 6.08 Å². The summed E-state index contributed by atoms with van der Waals surface area (Å²) in [5.41, 5.74) is 3.61. The molecule has 0 saturated heterocycles. The van der Waals surface area contributed by atoms with E-state index in [4.69, 9.17) is 0 Å². The highest BCUT2D eigenvalue weighted by molar-refractivity contribution is 5.57. The average molecular weight is 246 g/mol. The van der Waals surface area contributed by atoms with E-state index in [-0.39, 0.29) is 5.82 Å². The molecule has 0 N–H and O–H groups in total. The molecule has 0 aliphatic heterocycles. The van der Waals surface area contributed by atoms with E-state index >= 15 is 0 Å². The Bertz CT molecular complexity index is 445. The van der Waals surface area contributed by atoms with E-state index in [0.29, 0.717) is 0 Å². The zero-order valence-corrected chi connectivity index (χ0v) is 11.7. The molecule has 1 aliphatic rings. The molecule has 18 heavy (non-hydrogen) atoms. The predicted molar refractivity (Wildman–Crippen MR) is 75.9 cm³/mol. The molecular formula is C17H23F. The lowest BCUT2D eigenvalue weighted by Crippen LogP contribution is -1.88. The highest BCUT2D eigenvalue weighted by Gasteiger charge is 2.36. The molecule has 0 nitrogen and oxygen atoms in total. The second-order valence-corrected chi connectivity index (χ2v) is 5.63. The van der Waals surface area contributed by atoms with E-state index < -0.39 is 0 Å². The van der Waals surface area contributed by atoms with Crippen LogP contribution in [0.2, 0.25) is 0 Å². The first-order valence-electron chi connectivity index (χ1n) is 7.06.